The molecule has 0 N–H and O–H groups in total. The fourth-order valence-electron chi connectivity index (χ4n) is 1.67. The molecule has 1 aromatic carbocycles. The third kappa shape index (κ3) is 2.74. The summed E-state index contributed by atoms with van der Waals surface area (Å²) in [6.07, 6.45) is 3.13. The molecule has 0 bridgehead atoms. The van der Waals surface area contributed by atoms with E-state index in [2.05, 4.69) is 4.98 Å². The number of nitrogens with zero attached hydrogens (tertiary/aromatic N) is 1. The predicted octanol–water partition coefficient (Wildman–Crippen LogP) is 3.17. The van der Waals surface area contributed by atoms with Crippen LogP contribution in [-0.2, 0) is 10.3 Å². The first-order valence-electron chi connectivity index (χ1n) is 5.78. The first kappa shape index (κ1) is 12.3. The van der Waals surface area contributed by atoms with E-state index in [0.29, 0.717) is 5.56 Å². The van der Waals surface area contributed by atoms with Gasteiger partial charge >= 0.3 is 5.97 Å². The molecular formula is C15H15NO2. The van der Waals surface area contributed by atoms with Crippen LogP contribution in [0, 0.1) is 0 Å². The second-order valence-electron chi connectivity index (χ2n) is 4.51. The molecule has 92 valence electrons. The quantitative estimate of drug-likeness (QED) is 0.775. The van der Waals surface area contributed by atoms with Gasteiger partial charge in [-0.1, -0.05) is 30.3 Å². The van der Waals surface area contributed by atoms with Crippen LogP contribution in [0.2, 0.25) is 0 Å². The Morgan fingerprint density at radius 3 is 2.44 bits per heavy atom. The maximum Gasteiger partial charge on any atom is 0.340 e. The summed E-state index contributed by atoms with van der Waals surface area (Å²) in [5.74, 6) is -0.364. The largest absolute Gasteiger partial charge is 0.451 e. The van der Waals surface area contributed by atoms with Gasteiger partial charge in [0.1, 0.15) is 5.60 Å². The molecule has 0 unspecified atom stereocenters. The van der Waals surface area contributed by atoms with Crippen LogP contribution in [0.3, 0.4) is 0 Å². The minimum Gasteiger partial charge on any atom is -0.451 e. The minimum absolute atomic E-state index is 0.364. The molecule has 1 heterocycles. The fourth-order valence-corrected chi connectivity index (χ4v) is 1.67. The third-order valence-corrected chi connectivity index (χ3v) is 2.71. The van der Waals surface area contributed by atoms with Crippen LogP contribution in [0.4, 0.5) is 0 Å². The maximum absolute atomic E-state index is 12.0. The molecule has 0 radical (unpaired) electrons. The average Bonchev–Trinajstić information content (AvgIpc) is 2.40. The molecule has 0 saturated heterocycles. The van der Waals surface area contributed by atoms with Crippen LogP contribution >= 0.6 is 0 Å². The summed E-state index contributed by atoms with van der Waals surface area (Å²) in [6.45, 7) is 3.74. The lowest BCUT2D eigenvalue weighted by atomic mass is 9.98. The Hall–Kier alpha value is -2.16. The van der Waals surface area contributed by atoms with E-state index in [1.165, 1.54) is 6.20 Å². The van der Waals surface area contributed by atoms with Crippen LogP contribution in [0.5, 0.6) is 0 Å². The van der Waals surface area contributed by atoms with E-state index in [1.54, 1.807) is 18.3 Å². The molecule has 0 aliphatic rings. The highest BCUT2D eigenvalue weighted by Crippen LogP contribution is 2.25. The second kappa shape index (κ2) is 5.00. The first-order valence-corrected chi connectivity index (χ1v) is 5.78. The summed E-state index contributed by atoms with van der Waals surface area (Å²) in [4.78, 5) is 15.9. The molecule has 0 saturated carbocycles. The average molecular weight is 241 g/mol. The summed E-state index contributed by atoms with van der Waals surface area (Å²) < 4.78 is 5.53. The SMILES string of the molecule is CC(C)(OC(=O)c1cccnc1)c1ccccc1. The van der Waals surface area contributed by atoms with Crippen LogP contribution in [0.25, 0.3) is 0 Å². The van der Waals surface area contributed by atoms with E-state index in [-0.39, 0.29) is 5.97 Å². The van der Waals surface area contributed by atoms with E-state index >= 15 is 0 Å². The molecule has 0 aliphatic carbocycles. The number of hydrogen-bond donors (Lipinski definition) is 0. The van der Waals surface area contributed by atoms with Crippen LogP contribution in [0.1, 0.15) is 29.8 Å². The van der Waals surface area contributed by atoms with Crippen LogP contribution in [0.15, 0.2) is 54.9 Å². The number of hydrogen-bond acceptors (Lipinski definition) is 3. The Balaban J connectivity index is 2.17. The van der Waals surface area contributed by atoms with E-state index in [9.17, 15) is 4.79 Å². The van der Waals surface area contributed by atoms with E-state index in [1.807, 2.05) is 44.2 Å². The van der Waals surface area contributed by atoms with Crippen molar-refractivity contribution < 1.29 is 9.53 Å². The topological polar surface area (TPSA) is 39.2 Å². The monoisotopic (exact) mass is 241 g/mol. The summed E-state index contributed by atoms with van der Waals surface area (Å²) in [6, 6.07) is 13.1. The van der Waals surface area contributed by atoms with Gasteiger partial charge in [0.2, 0.25) is 0 Å². The number of esters is 1. The fraction of sp³-hybridized carbons (Fsp3) is 0.200. The molecule has 2 aromatic rings. The van der Waals surface area contributed by atoms with Crippen molar-refractivity contribution in [1.82, 2.24) is 4.98 Å². The van der Waals surface area contributed by atoms with Gasteiger partial charge in [0, 0.05) is 12.4 Å². The van der Waals surface area contributed by atoms with Gasteiger partial charge in [0.05, 0.1) is 5.56 Å². The predicted molar refractivity (Wildman–Crippen MR) is 69.1 cm³/mol. The molecule has 0 spiro atoms. The van der Waals surface area contributed by atoms with Gasteiger partial charge in [-0.3, -0.25) is 4.98 Å². The van der Waals surface area contributed by atoms with Crippen molar-refractivity contribution in [3.05, 3.63) is 66.0 Å². The van der Waals surface area contributed by atoms with Crippen molar-refractivity contribution in [2.24, 2.45) is 0 Å². The summed E-state index contributed by atoms with van der Waals surface area (Å²) in [5.41, 5.74) is 0.762. The van der Waals surface area contributed by atoms with Gasteiger partial charge in [-0.25, -0.2) is 4.79 Å². The second-order valence-corrected chi connectivity index (χ2v) is 4.51. The van der Waals surface area contributed by atoms with Gasteiger partial charge in [-0.05, 0) is 31.5 Å². The Kier molecular flexibility index (Phi) is 3.42. The summed E-state index contributed by atoms with van der Waals surface area (Å²) >= 11 is 0. The van der Waals surface area contributed by atoms with Crippen molar-refractivity contribution in [2.45, 2.75) is 19.4 Å². The zero-order valence-electron chi connectivity index (χ0n) is 10.5. The van der Waals surface area contributed by atoms with Crippen LogP contribution in [-0.4, -0.2) is 11.0 Å². The van der Waals surface area contributed by atoms with Crippen LogP contribution < -0.4 is 0 Å². The van der Waals surface area contributed by atoms with Gasteiger partial charge in [0.15, 0.2) is 0 Å². The molecule has 18 heavy (non-hydrogen) atoms. The Bertz CT molecular complexity index is 521. The smallest absolute Gasteiger partial charge is 0.340 e. The van der Waals surface area contributed by atoms with E-state index in [0.717, 1.165) is 5.56 Å². The molecule has 0 fully saturated rings. The van der Waals surface area contributed by atoms with E-state index < -0.39 is 5.60 Å². The lowest BCUT2D eigenvalue weighted by Gasteiger charge is -2.25. The summed E-state index contributed by atoms with van der Waals surface area (Å²) in [5, 5.41) is 0. The molecule has 0 aliphatic heterocycles. The minimum atomic E-state index is -0.659. The number of carbonyl (C=O) groups excluding carboxylic acids is 1. The standard InChI is InChI=1S/C15H15NO2/c1-15(2,13-8-4-3-5-9-13)18-14(17)12-7-6-10-16-11-12/h3-11H,1-2H3. The highest BCUT2D eigenvalue weighted by molar-refractivity contribution is 5.89. The molecular weight excluding hydrogens is 226 g/mol. The Labute approximate surface area is 106 Å². The number of benzene rings is 1. The van der Waals surface area contributed by atoms with Crippen molar-refractivity contribution in [1.29, 1.82) is 0 Å². The highest BCUT2D eigenvalue weighted by Gasteiger charge is 2.25. The molecule has 1 aromatic heterocycles. The highest BCUT2D eigenvalue weighted by atomic mass is 16.6. The molecule has 3 heteroatoms. The van der Waals surface area contributed by atoms with Gasteiger partial charge < -0.3 is 4.74 Å². The molecule has 3 nitrogen and oxygen atoms in total. The van der Waals surface area contributed by atoms with Crippen molar-refractivity contribution in [3.63, 3.8) is 0 Å². The number of ether oxygens (including phenoxy) is 1. The first-order chi connectivity index (χ1) is 8.59. The zero-order chi connectivity index (χ0) is 13.0. The maximum atomic E-state index is 12.0. The molecule has 2 rings (SSSR count). The number of pyridine rings is 1. The molecule has 0 atom stereocenters. The van der Waals surface area contributed by atoms with Gasteiger partial charge in [0.25, 0.3) is 0 Å². The normalized spacial score (nSPS) is 11.0. The third-order valence-electron chi connectivity index (χ3n) is 2.71. The Morgan fingerprint density at radius 1 is 1.11 bits per heavy atom. The van der Waals surface area contributed by atoms with Crippen molar-refractivity contribution in [2.75, 3.05) is 0 Å². The molecule has 0 amide bonds. The lowest BCUT2D eigenvalue weighted by Crippen LogP contribution is -2.25. The number of aromatic nitrogens is 1. The van der Waals surface area contributed by atoms with E-state index in [4.69, 9.17) is 4.74 Å². The zero-order valence-corrected chi connectivity index (χ0v) is 10.5. The van der Waals surface area contributed by atoms with Crippen molar-refractivity contribution in [3.8, 4) is 0 Å². The van der Waals surface area contributed by atoms with Gasteiger partial charge in [-0.2, -0.15) is 0 Å². The summed E-state index contributed by atoms with van der Waals surface area (Å²) in [7, 11) is 0. The lowest BCUT2D eigenvalue weighted by molar-refractivity contribution is -0.00316. The Morgan fingerprint density at radius 2 is 1.83 bits per heavy atom. The van der Waals surface area contributed by atoms with Gasteiger partial charge in [-0.15, -0.1) is 0 Å². The van der Waals surface area contributed by atoms with Crippen molar-refractivity contribution >= 4 is 5.97 Å². The number of rotatable bonds is 3. The number of carbonyl (C=O) groups is 1.